The molecule has 0 bridgehead atoms. The summed E-state index contributed by atoms with van der Waals surface area (Å²) in [5, 5.41) is 15.2. The van der Waals surface area contributed by atoms with E-state index >= 15 is 0 Å². The van der Waals surface area contributed by atoms with Gasteiger partial charge in [0.25, 0.3) is 5.91 Å². The number of aryl methyl sites for hydroxylation is 1. The van der Waals surface area contributed by atoms with Gasteiger partial charge in [-0.05, 0) is 31.4 Å². The van der Waals surface area contributed by atoms with Gasteiger partial charge in [-0.15, -0.1) is 0 Å². The van der Waals surface area contributed by atoms with Crippen molar-refractivity contribution in [2.75, 3.05) is 13.1 Å². The number of hydrogen-bond acceptors (Lipinski definition) is 3. The predicted octanol–water partition coefficient (Wildman–Crippen LogP) is 0.957. The van der Waals surface area contributed by atoms with Crippen LogP contribution in [0, 0.1) is 12.8 Å². The zero-order chi connectivity index (χ0) is 13.8. The number of benzene rings is 1. The number of carbonyl (C=O) groups excluding carboxylic acids is 2. The SMILES string of the molecule is Cc1cccc(C(=O)NCCNC(=O)C2CC2)c1O. The van der Waals surface area contributed by atoms with Crippen molar-refractivity contribution in [2.24, 2.45) is 5.92 Å². The Hall–Kier alpha value is -2.04. The summed E-state index contributed by atoms with van der Waals surface area (Å²) in [7, 11) is 0. The number of phenols is 1. The van der Waals surface area contributed by atoms with E-state index < -0.39 is 0 Å². The smallest absolute Gasteiger partial charge is 0.255 e. The van der Waals surface area contributed by atoms with Crippen LogP contribution in [0.25, 0.3) is 0 Å². The van der Waals surface area contributed by atoms with E-state index in [9.17, 15) is 14.7 Å². The van der Waals surface area contributed by atoms with E-state index in [4.69, 9.17) is 0 Å². The van der Waals surface area contributed by atoms with Gasteiger partial charge in [0.2, 0.25) is 5.91 Å². The normalized spacial score (nSPS) is 13.9. The number of para-hydroxylation sites is 1. The highest BCUT2D eigenvalue weighted by Gasteiger charge is 2.29. The van der Waals surface area contributed by atoms with Gasteiger partial charge in [-0.2, -0.15) is 0 Å². The third-order valence-electron chi connectivity index (χ3n) is 3.14. The molecule has 0 spiro atoms. The van der Waals surface area contributed by atoms with E-state index in [2.05, 4.69) is 10.6 Å². The highest BCUT2D eigenvalue weighted by molar-refractivity contribution is 5.97. The lowest BCUT2D eigenvalue weighted by Gasteiger charge is -2.09. The fourth-order valence-electron chi connectivity index (χ4n) is 1.79. The van der Waals surface area contributed by atoms with Crippen LogP contribution in [-0.4, -0.2) is 30.0 Å². The molecule has 0 atom stereocenters. The van der Waals surface area contributed by atoms with Gasteiger partial charge >= 0.3 is 0 Å². The summed E-state index contributed by atoms with van der Waals surface area (Å²) in [6, 6.07) is 5.03. The van der Waals surface area contributed by atoms with Crippen molar-refractivity contribution in [1.82, 2.24) is 10.6 Å². The zero-order valence-corrected chi connectivity index (χ0v) is 10.9. The Bertz CT molecular complexity index is 495. The van der Waals surface area contributed by atoms with Crippen LogP contribution in [0.5, 0.6) is 5.75 Å². The Balaban J connectivity index is 1.77. The number of nitrogens with one attached hydrogen (secondary N) is 2. The standard InChI is InChI=1S/C14H18N2O3/c1-9-3-2-4-11(12(9)17)14(19)16-8-7-15-13(18)10-5-6-10/h2-4,10,17H,5-8H2,1H3,(H,15,18)(H,16,19). The molecule has 2 amide bonds. The van der Waals surface area contributed by atoms with Gasteiger partial charge in [0, 0.05) is 19.0 Å². The van der Waals surface area contributed by atoms with Crippen molar-refractivity contribution in [3.63, 3.8) is 0 Å². The quantitative estimate of drug-likeness (QED) is 0.691. The molecule has 5 heteroatoms. The summed E-state index contributed by atoms with van der Waals surface area (Å²) in [5.41, 5.74) is 0.920. The summed E-state index contributed by atoms with van der Waals surface area (Å²) in [6.45, 7) is 2.50. The molecule has 102 valence electrons. The van der Waals surface area contributed by atoms with Crippen LogP contribution in [0.4, 0.5) is 0 Å². The minimum atomic E-state index is -0.332. The third kappa shape index (κ3) is 3.47. The Morgan fingerprint density at radius 2 is 1.95 bits per heavy atom. The third-order valence-corrected chi connectivity index (χ3v) is 3.14. The van der Waals surface area contributed by atoms with Gasteiger partial charge in [-0.25, -0.2) is 0 Å². The first kappa shape index (κ1) is 13.4. The molecule has 1 aliphatic rings. The second kappa shape index (κ2) is 5.73. The van der Waals surface area contributed by atoms with Crippen molar-refractivity contribution >= 4 is 11.8 Å². The highest BCUT2D eigenvalue weighted by atomic mass is 16.3. The van der Waals surface area contributed by atoms with Crippen LogP contribution in [0.1, 0.15) is 28.8 Å². The molecule has 5 nitrogen and oxygen atoms in total. The van der Waals surface area contributed by atoms with Crippen LogP contribution in [-0.2, 0) is 4.79 Å². The number of amides is 2. The van der Waals surface area contributed by atoms with Gasteiger partial charge in [-0.1, -0.05) is 12.1 Å². The second-order valence-electron chi connectivity index (χ2n) is 4.79. The summed E-state index contributed by atoms with van der Waals surface area (Å²) >= 11 is 0. The summed E-state index contributed by atoms with van der Waals surface area (Å²) in [4.78, 5) is 23.2. The Labute approximate surface area is 112 Å². The first-order chi connectivity index (χ1) is 9.09. The lowest BCUT2D eigenvalue weighted by molar-refractivity contribution is -0.122. The number of hydrogen-bond donors (Lipinski definition) is 3. The van der Waals surface area contributed by atoms with E-state index in [1.54, 1.807) is 25.1 Å². The monoisotopic (exact) mass is 262 g/mol. The Kier molecular flexibility index (Phi) is 4.04. The van der Waals surface area contributed by atoms with Gasteiger partial charge in [0.1, 0.15) is 5.75 Å². The molecule has 1 aromatic rings. The molecule has 1 fully saturated rings. The molecule has 2 rings (SSSR count). The maximum atomic E-state index is 11.8. The van der Waals surface area contributed by atoms with Crippen molar-refractivity contribution in [2.45, 2.75) is 19.8 Å². The van der Waals surface area contributed by atoms with E-state index in [1.807, 2.05) is 0 Å². The zero-order valence-electron chi connectivity index (χ0n) is 10.9. The summed E-state index contributed by atoms with van der Waals surface area (Å²) < 4.78 is 0. The molecule has 0 saturated heterocycles. The van der Waals surface area contributed by atoms with Crippen LogP contribution in [0.3, 0.4) is 0 Å². The molecular formula is C14H18N2O3. The van der Waals surface area contributed by atoms with E-state index in [-0.39, 0.29) is 29.0 Å². The fraction of sp³-hybridized carbons (Fsp3) is 0.429. The van der Waals surface area contributed by atoms with E-state index in [0.717, 1.165) is 12.8 Å². The molecule has 0 radical (unpaired) electrons. The minimum Gasteiger partial charge on any atom is -0.507 e. The molecule has 1 aliphatic carbocycles. The van der Waals surface area contributed by atoms with Gasteiger partial charge in [0.05, 0.1) is 5.56 Å². The second-order valence-corrected chi connectivity index (χ2v) is 4.79. The molecule has 3 N–H and O–H groups in total. The summed E-state index contributed by atoms with van der Waals surface area (Å²) in [5.74, 6) is -0.0898. The number of rotatable bonds is 5. The molecule has 1 saturated carbocycles. The van der Waals surface area contributed by atoms with Gasteiger partial charge in [0.15, 0.2) is 0 Å². The molecule has 19 heavy (non-hydrogen) atoms. The molecule has 1 aromatic carbocycles. The van der Waals surface area contributed by atoms with E-state index in [0.29, 0.717) is 18.7 Å². The maximum absolute atomic E-state index is 11.8. The van der Waals surface area contributed by atoms with Crippen molar-refractivity contribution in [1.29, 1.82) is 0 Å². The van der Waals surface area contributed by atoms with Crippen molar-refractivity contribution in [3.05, 3.63) is 29.3 Å². The molecule has 0 aromatic heterocycles. The van der Waals surface area contributed by atoms with Crippen LogP contribution < -0.4 is 10.6 Å². The van der Waals surface area contributed by atoms with Crippen molar-refractivity contribution in [3.8, 4) is 5.75 Å². The summed E-state index contributed by atoms with van der Waals surface area (Å²) in [6.07, 6.45) is 1.94. The van der Waals surface area contributed by atoms with Crippen LogP contribution >= 0.6 is 0 Å². The maximum Gasteiger partial charge on any atom is 0.255 e. The Morgan fingerprint density at radius 3 is 2.63 bits per heavy atom. The lowest BCUT2D eigenvalue weighted by Crippen LogP contribution is -2.35. The van der Waals surface area contributed by atoms with Crippen LogP contribution in [0.2, 0.25) is 0 Å². The molecule has 0 unspecified atom stereocenters. The minimum absolute atomic E-state index is 0.00187. The van der Waals surface area contributed by atoms with Crippen LogP contribution in [0.15, 0.2) is 18.2 Å². The average Bonchev–Trinajstić information content (AvgIpc) is 3.21. The first-order valence-electron chi connectivity index (χ1n) is 6.44. The predicted molar refractivity (Wildman–Crippen MR) is 70.9 cm³/mol. The van der Waals surface area contributed by atoms with Gasteiger partial charge < -0.3 is 15.7 Å². The highest BCUT2D eigenvalue weighted by Crippen LogP contribution is 2.28. The van der Waals surface area contributed by atoms with E-state index in [1.165, 1.54) is 0 Å². The number of aromatic hydroxyl groups is 1. The first-order valence-corrected chi connectivity index (χ1v) is 6.44. The molecule has 0 heterocycles. The van der Waals surface area contributed by atoms with Crippen molar-refractivity contribution < 1.29 is 14.7 Å². The molecular weight excluding hydrogens is 244 g/mol. The van der Waals surface area contributed by atoms with Gasteiger partial charge in [-0.3, -0.25) is 9.59 Å². The number of carbonyl (C=O) groups is 2. The largest absolute Gasteiger partial charge is 0.507 e. The molecule has 0 aliphatic heterocycles. The lowest BCUT2D eigenvalue weighted by atomic mass is 10.1. The number of phenolic OH excluding ortho intramolecular Hbond substituents is 1. The Morgan fingerprint density at radius 1 is 1.26 bits per heavy atom. The fourth-order valence-corrected chi connectivity index (χ4v) is 1.79. The topological polar surface area (TPSA) is 78.4 Å². The average molecular weight is 262 g/mol.